The van der Waals surface area contributed by atoms with Gasteiger partial charge in [-0.3, -0.25) is 4.79 Å². The molecule has 0 fully saturated rings. The minimum Gasteiger partial charge on any atom is -0.487 e. The van der Waals surface area contributed by atoms with Gasteiger partial charge < -0.3 is 24.9 Å². The molecule has 43 heavy (non-hydrogen) atoms. The number of hydrogen-bond acceptors (Lipinski definition) is 5. The third kappa shape index (κ3) is 7.85. The first-order valence-corrected chi connectivity index (χ1v) is 14.2. The first kappa shape index (κ1) is 29.9. The fraction of sp³-hybridized carbons (Fsp3) is 0.229. The molecule has 0 saturated heterocycles. The van der Waals surface area contributed by atoms with E-state index in [4.69, 9.17) is 9.47 Å². The Labute approximate surface area is 248 Å². The molecule has 5 aromatic rings. The normalized spacial score (nSPS) is 13.0. The molecule has 2 atom stereocenters. The molecule has 8 heteroatoms. The Hall–Kier alpha value is -4.53. The van der Waals surface area contributed by atoms with E-state index in [9.17, 15) is 18.7 Å². The summed E-state index contributed by atoms with van der Waals surface area (Å²) in [4.78, 5) is 15.0. The largest absolute Gasteiger partial charge is 0.487 e. The van der Waals surface area contributed by atoms with Crippen molar-refractivity contribution in [3.05, 3.63) is 142 Å². The first-order valence-electron chi connectivity index (χ1n) is 14.2. The number of aromatic nitrogens is 1. The summed E-state index contributed by atoms with van der Waals surface area (Å²) in [7, 11) is 0. The van der Waals surface area contributed by atoms with Gasteiger partial charge in [-0.05, 0) is 54.3 Å². The number of benzene rings is 4. The standard InChI is InChI=1S/C35H34F2N2O4/c1-24(19-26-11-8-14-28(20-26)43-23-35(36,37)27-12-6-3-7-13-27)38-21-31(40)29-15-17-32(34-30(29)16-18-33(41)39-34)42-22-25-9-4-2-5-10-25/h2-18,20,24,31,38,40H,19,21-23H2,1H3,(H,39,41)/t24-,31+/m1/s1. The molecule has 6 nitrogen and oxygen atoms in total. The summed E-state index contributed by atoms with van der Waals surface area (Å²) in [6.45, 7) is 1.84. The molecule has 0 spiro atoms. The topological polar surface area (TPSA) is 83.6 Å². The van der Waals surface area contributed by atoms with Crippen LogP contribution in [-0.2, 0) is 19.0 Å². The second kappa shape index (κ2) is 13.6. The van der Waals surface area contributed by atoms with E-state index in [0.717, 1.165) is 11.1 Å². The monoisotopic (exact) mass is 584 g/mol. The van der Waals surface area contributed by atoms with Crippen molar-refractivity contribution in [1.29, 1.82) is 0 Å². The number of ether oxygens (including phenoxy) is 2. The third-order valence-corrected chi connectivity index (χ3v) is 7.20. The average Bonchev–Trinajstić information content (AvgIpc) is 3.02. The zero-order chi connectivity index (χ0) is 30.2. The van der Waals surface area contributed by atoms with Gasteiger partial charge in [0.05, 0.1) is 11.6 Å². The molecule has 0 saturated carbocycles. The van der Waals surface area contributed by atoms with Gasteiger partial charge in [0.1, 0.15) is 18.1 Å². The number of aliphatic hydroxyl groups is 1. The zero-order valence-electron chi connectivity index (χ0n) is 23.8. The number of hydrogen-bond donors (Lipinski definition) is 3. The lowest BCUT2D eigenvalue weighted by molar-refractivity contribution is -0.0467. The molecule has 5 rings (SSSR count). The van der Waals surface area contributed by atoms with Crippen molar-refractivity contribution in [3.63, 3.8) is 0 Å². The van der Waals surface area contributed by atoms with Gasteiger partial charge in [-0.1, -0.05) is 78.9 Å². The number of H-pyrrole nitrogens is 1. The van der Waals surface area contributed by atoms with E-state index in [1.807, 2.05) is 49.4 Å². The molecular formula is C35H34F2N2O4. The van der Waals surface area contributed by atoms with Crippen LogP contribution in [0, 0.1) is 0 Å². The van der Waals surface area contributed by atoms with Crippen molar-refractivity contribution in [2.75, 3.05) is 13.2 Å². The van der Waals surface area contributed by atoms with E-state index < -0.39 is 18.6 Å². The fourth-order valence-corrected chi connectivity index (χ4v) is 4.94. The summed E-state index contributed by atoms with van der Waals surface area (Å²) in [6, 6.07) is 31.1. The van der Waals surface area contributed by atoms with Crippen LogP contribution in [0.15, 0.2) is 114 Å². The summed E-state index contributed by atoms with van der Waals surface area (Å²) >= 11 is 0. The van der Waals surface area contributed by atoms with E-state index >= 15 is 0 Å². The van der Waals surface area contributed by atoms with Gasteiger partial charge in [0.15, 0.2) is 6.61 Å². The Kier molecular flexibility index (Phi) is 9.49. The average molecular weight is 585 g/mol. The smallest absolute Gasteiger partial charge is 0.306 e. The van der Waals surface area contributed by atoms with Crippen LogP contribution in [-0.4, -0.2) is 29.3 Å². The molecule has 222 valence electrons. The van der Waals surface area contributed by atoms with Crippen molar-refractivity contribution in [3.8, 4) is 11.5 Å². The Morgan fingerprint density at radius 3 is 2.35 bits per heavy atom. The highest BCUT2D eigenvalue weighted by Crippen LogP contribution is 2.31. The van der Waals surface area contributed by atoms with Crippen molar-refractivity contribution >= 4 is 10.9 Å². The van der Waals surface area contributed by atoms with Crippen LogP contribution in [0.2, 0.25) is 0 Å². The second-order valence-electron chi connectivity index (χ2n) is 10.6. The molecule has 0 unspecified atom stereocenters. The van der Waals surface area contributed by atoms with Crippen LogP contribution < -0.4 is 20.3 Å². The highest BCUT2D eigenvalue weighted by molar-refractivity contribution is 5.87. The molecule has 0 radical (unpaired) electrons. The maximum atomic E-state index is 14.5. The third-order valence-electron chi connectivity index (χ3n) is 7.20. The number of aromatic amines is 1. The number of rotatable bonds is 13. The number of nitrogens with one attached hydrogen (secondary N) is 2. The van der Waals surface area contributed by atoms with Crippen LogP contribution >= 0.6 is 0 Å². The molecule has 0 aliphatic heterocycles. The van der Waals surface area contributed by atoms with E-state index in [1.165, 1.54) is 18.2 Å². The second-order valence-corrected chi connectivity index (χ2v) is 10.6. The minimum absolute atomic E-state index is 0.0322. The van der Waals surface area contributed by atoms with Crippen molar-refractivity contribution < 1.29 is 23.4 Å². The Balaban J connectivity index is 1.19. The summed E-state index contributed by atoms with van der Waals surface area (Å²) in [5.74, 6) is -2.21. The predicted octanol–water partition coefficient (Wildman–Crippen LogP) is 6.53. The van der Waals surface area contributed by atoms with Crippen molar-refractivity contribution in [2.24, 2.45) is 0 Å². The number of fused-ring (bicyclic) bond motifs is 1. The van der Waals surface area contributed by atoms with Gasteiger partial charge in [0, 0.05) is 29.6 Å². The SMILES string of the molecule is C[C@H](Cc1cccc(OCC(F)(F)c2ccccc2)c1)NC[C@H](O)c1ccc(OCc2ccccc2)c2[nH]c(=O)ccc12. The lowest BCUT2D eigenvalue weighted by Crippen LogP contribution is -2.32. The summed E-state index contributed by atoms with van der Waals surface area (Å²) in [5, 5.41) is 15.1. The molecule has 0 amide bonds. The summed E-state index contributed by atoms with van der Waals surface area (Å²) in [5.41, 5.74) is 2.76. The number of aliphatic hydroxyl groups excluding tert-OH is 1. The Morgan fingerprint density at radius 1 is 0.860 bits per heavy atom. The van der Waals surface area contributed by atoms with E-state index in [0.29, 0.717) is 41.0 Å². The lowest BCUT2D eigenvalue weighted by atomic mass is 10.0. The predicted molar refractivity (Wildman–Crippen MR) is 164 cm³/mol. The Bertz CT molecular complexity index is 1690. The molecule has 4 aromatic carbocycles. The van der Waals surface area contributed by atoms with Gasteiger partial charge in [-0.2, -0.15) is 8.78 Å². The maximum absolute atomic E-state index is 14.5. The first-order chi connectivity index (χ1) is 20.8. The van der Waals surface area contributed by atoms with Gasteiger partial charge in [0.25, 0.3) is 0 Å². The molecule has 0 aliphatic rings. The van der Waals surface area contributed by atoms with Crippen molar-refractivity contribution in [2.45, 2.75) is 38.0 Å². The number of pyridine rings is 1. The molecule has 3 N–H and O–H groups in total. The minimum atomic E-state index is -3.11. The van der Waals surface area contributed by atoms with Crippen LogP contribution in [0.25, 0.3) is 10.9 Å². The van der Waals surface area contributed by atoms with Gasteiger partial charge in [0.2, 0.25) is 5.56 Å². The van der Waals surface area contributed by atoms with E-state index in [1.54, 1.807) is 48.5 Å². The molecule has 1 aromatic heterocycles. The molecule has 0 bridgehead atoms. The van der Waals surface area contributed by atoms with E-state index in [-0.39, 0.29) is 23.7 Å². The number of halogens is 2. The lowest BCUT2D eigenvalue weighted by Gasteiger charge is -2.20. The highest BCUT2D eigenvalue weighted by atomic mass is 19.3. The summed E-state index contributed by atoms with van der Waals surface area (Å²) < 4.78 is 40.5. The Morgan fingerprint density at radius 2 is 1.58 bits per heavy atom. The van der Waals surface area contributed by atoms with Crippen LogP contribution in [0.3, 0.4) is 0 Å². The van der Waals surface area contributed by atoms with Crippen LogP contribution in [0.1, 0.15) is 35.3 Å². The number of alkyl halides is 2. The van der Waals surface area contributed by atoms with Gasteiger partial charge in [-0.25, -0.2) is 0 Å². The van der Waals surface area contributed by atoms with Gasteiger partial charge in [-0.15, -0.1) is 0 Å². The van der Waals surface area contributed by atoms with Gasteiger partial charge >= 0.3 is 5.92 Å². The molecule has 1 heterocycles. The van der Waals surface area contributed by atoms with Crippen LogP contribution in [0.5, 0.6) is 11.5 Å². The summed E-state index contributed by atoms with van der Waals surface area (Å²) in [6.07, 6.45) is -0.256. The zero-order valence-corrected chi connectivity index (χ0v) is 23.8. The van der Waals surface area contributed by atoms with E-state index in [2.05, 4.69) is 10.3 Å². The van der Waals surface area contributed by atoms with Crippen molar-refractivity contribution in [1.82, 2.24) is 10.3 Å². The maximum Gasteiger partial charge on any atom is 0.306 e. The fourth-order valence-electron chi connectivity index (χ4n) is 4.94. The quantitative estimate of drug-likeness (QED) is 0.147. The van der Waals surface area contributed by atoms with Crippen LogP contribution in [0.4, 0.5) is 8.78 Å². The highest BCUT2D eigenvalue weighted by Gasteiger charge is 2.32. The molecule has 0 aliphatic carbocycles. The molecular weight excluding hydrogens is 550 g/mol.